The summed E-state index contributed by atoms with van der Waals surface area (Å²) in [5.41, 5.74) is 8.86. The first-order chi connectivity index (χ1) is 14.0. The number of benzene rings is 2. The largest absolute Gasteiger partial charge is 0.352 e. The first kappa shape index (κ1) is 20.9. The molecule has 4 N–H and O–H groups in total. The number of likely N-dealkylation sites (tertiary alicyclic amines) is 1. The molecule has 1 aliphatic rings. The summed E-state index contributed by atoms with van der Waals surface area (Å²) in [6.45, 7) is 4.91. The molecule has 0 spiro atoms. The number of hydrogen-bond acceptors (Lipinski definition) is 3. The quantitative estimate of drug-likeness (QED) is 0.674. The number of piperidine rings is 1. The minimum absolute atomic E-state index is 0.115. The van der Waals surface area contributed by atoms with Crippen molar-refractivity contribution in [2.45, 2.75) is 44.8 Å². The Bertz CT molecular complexity index is 817. The van der Waals surface area contributed by atoms with Crippen LogP contribution in [0.25, 0.3) is 0 Å². The molecule has 154 valence electrons. The average molecular weight is 395 g/mol. The highest BCUT2D eigenvalue weighted by atomic mass is 16.2. The van der Waals surface area contributed by atoms with E-state index in [0.717, 1.165) is 38.0 Å². The van der Waals surface area contributed by atoms with Crippen LogP contribution in [0, 0.1) is 6.92 Å². The number of hydrogen-bond donors (Lipinski definition) is 3. The lowest BCUT2D eigenvalue weighted by molar-refractivity contribution is -0.123. The Morgan fingerprint density at radius 1 is 1.07 bits per heavy atom. The molecule has 0 saturated carbocycles. The molecular formula is C23H30N4O2. The van der Waals surface area contributed by atoms with Crippen molar-refractivity contribution in [3.63, 3.8) is 0 Å². The maximum absolute atomic E-state index is 12.8. The van der Waals surface area contributed by atoms with Crippen LogP contribution >= 0.6 is 0 Å². The third kappa shape index (κ3) is 6.61. The van der Waals surface area contributed by atoms with E-state index >= 15 is 0 Å². The summed E-state index contributed by atoms with van der Waals surface area (Å²) < 4.78 is 0. The van der Waals surface area contributed by atoms with Crippen LogP contribution in [0.4, 0.5) is 4.79 Å². The minimum Gasteiger partial charge on any atom is -0.352 e. The molecule has 0 aromatic heterocycles. The summed E-state index contributed by atoms with van der Waals surface area (Å²) in [5.74, 6) is -0.176. The Balaban J connectivity index is 1.50. The fraction of sp³-hybridized carbons (Fsp3) is 0.391. The van der Waals surface area contributed by atoms with Crippen molar-refractivity contribution in [3.8, 4) is 0 Å². The summed E-state index contributed by atoms with van der Waals surface area (Å²) in [7, 11) is 0. The number of primary amides is 1. The van der Waals surface area contributed by atoms with Gasteiger partial charge in [-0.1, -0.05) is 60.2 Å². The van der Waals surface area contributed by atoms with E-state index in [1.807, 2.05) is 30.3 Å². The zero-order valence-electron chi connectivity index (χ0n) is 16.9. The Hall–Kier alpha value is -2.86. The van der Waals surface area contributed by atoms with E-state index < -0.39 is 12.1 Å². The molecule has 1 fully saturated rings. The Kier molecular flexibility index (Phi) is 7.25. The standard InChI is InChI=1S/C23H30N4O2/c1-17-6-5-9-19(14-17)16-27-12-10-20(11-13-27)25-22(28)21(26-23(24)29)15-18-7-3-2-4-8-18/h2-9,14,20-21H,10-13,15-16H2,1H3,(H,25,28)(H3,24,26,29). The second kappa shape index (κ2) is 10.1. The Labute approximate surface area is 172 Å². The van der Waals surface area contributed by atoms with E-state index in [1.54, 1.807) is 0 Å². The number of nitrogens with one attached hydrogen (secondary N) is 2. The second-order valence-corrected chi connectivity index (χ2v) is 7.80. The van der Waals surface area contributed by atoms with Gasteiger partial charge in [-0.25, -0.2) is 4.79 Å². The zero-order valence-corrected chi connectivity index (χ0v) is 16.9. The van der Waals surface area contributed by atoms with Crippen LogP contribution in [-0.4, -0.2) is 42.0 Å². The van der Waals surface area contributed by atoms with Crippen molar-refractivity contribution in [2.24, 2.45) is 5.73 Å². The number of carbonyl (C=O) groups is 2. The van der Waals surface area contributed by atoms with Gasteiger partial charge >= 0.3 is 6.03 Å². The van der Waals surface area contributed by atoms with Crippen LogP contribution in [0.15, 0.2) is 54.6 Å². The number of rotatable bonds is 7. The van der Waals surface area contributed by atoms with Crippen molar-refractivity contribution in [2.75, 3.05) is 13.1 Å². The van der Waals surface area contributed by atoms with Gasteiger partial charge in [0.2, 0.25) is 5.91 Å². The molecule has 0 radical (unpaired) electrons. The molecule has 6 heteroatoms. The predicted molar refractivity (Wildman–Crippen MR) is 114 cm³/mol. The number of aryl methyl sites for hydroxylation is 1. The fourth-order valence-corrected chi connectivity index (χ4v) is 3.84. The molecule has 6 nitrogen and oxygen atoms in total. The lowest BCUT2D eigenvalue weighted by atomic mass is 10.0. The molecule has 1 unspecified atom stereocenters. The van der Waals surface area contributed by atoms with E-state index in [1.165, 1.54) is 11.1 Å². The molecule has 1 atom stereocenters. The fourth-order valence-electron chi connectivity index (χ4n) is 3.84. The van der Waals surface area contributed by atoms with Crippen molar-refractivity contribution in [3.05, 3.63) is 71.3 Å². The number of nitrogens with two attached hydrogens (primary N) is 1. The summed E-state index contributed by atoms with van der Waals surface area (Å²) in [5, 5.41) is 5.68. The van der Waals surface area contributed by atoms with Crippen molar-refractivity contribution in [1.82, 2.24) is 15.5 Å². The van der Waals surface area contributed by atoms with E-state index in [4.69, 9.17) is 5.73 Å². The van der Waals surface area contributed by atoms with E-state index in [2.05, 4.69) is 46.7 Å². The minimum atomic E-state index is -0.686. The molecule has 29 heavy (non-hydrogen) atoms. The third-order valence-corrected chi connectivity index (χ3v) is 5.34. The first-order valence-electron chi connectivity index (χ1n) is 10.2. The smallest absolute Gasteiger partial charge is 0.312 e. The predicted octanol–water partition coefficient (Wildman–Crippen LogP) is 2.36. The lowest BCUT2D eigenvalue weighted by Crippen LogP contribution is -2.53. The summed E-state index contributed by atoms with van der Waals surface area (Å²) in [6.07, 6.45) is 2.21. The average Bonchev–Trinajstić information content (AvgIpc) is 2.69. The monoisotopic (exact) mass is 394 g/mol. The van der Waals surface area contributed by atoms with Crippen molar-refractivity contribution >= 4 is 11.9 Å². The van der Waals surface area contributed by atoms with E-state index in [0.29, 0.717) is 6.42 Å². The highest BCUT2D eigenvalue weighted by Gasteiger charge is 2.25. The van der Waals surface area contributed by atoms with Crippen LogP contribution in [-0.2, 0) is 17.8 Å². The summed E-state index contributed by atoms with van der Waals surface area (Å²) in [6, 6.07) is 17.0. The molecule has 0 aliphatic carbocycles. The van der Waals surface area contributed by atoms with Gasteiger partial charge in [0.15, 0.2) is 0 Å². The lowest BCUT2D eigenvalue weighted by Gasteiger charge is -2.33. The van der Waals surface area contributed by atoms with Gasteiger partial charge in [-0.2, -0.15) is 0 Å². The number of amides is 3. The molecule has 0 bridgehead atoms. The van der Waals surface area contributed by atoms with Gasteiger partial charge in [0, 0.05) is 32.1 Å². The van der Waals surface area contributed by atoms with Gasteiger partial charge in [0.1, 0.15) is 6.04 Å². The normalized spacial score (nSPS) is 16.2. The molecular weight excluding hydrogens is 364 g/mol. The van der Waals surface area contributed by atoms with Gasteiger partial charge in [-0.05, 0) is 30.9 Å². The molecule has 3 amide bonds. The van der Waals surface area contributed by atoms with Crippen LogP contribution in [0.5, 0.6) is 0 Å². The van der Waals surface area contributed by atoms with Crippen LogP contribution in [0.3, 0.4) is 0 Å². The van der Waals surface area contributed by atoms with Crippen molar-refractivity contribution in [1.29, 1.82) is 0 Å². The molecule has 3 rings (SSSR count). The van der Waals surface area contributed by atoms with Crippen LogP contribution < -0.4 is 16.4 Å². The molecule has 2 aromatic carbocycles. The van der Waals surface area contributed by atoms with Gasteiger partial charge < -0.3 is 16.4 Å². The van der Waals surface area contributed by atoms with Crippen LogP contribution in [0.1, 0.15) is 29.5 Å². The summed E-state index contributed by atoms with van der Waals surface area (Å²) in [4.78, 5) is 26.5. The molecule has 1 saturated heterocycles. The molecule has 2 aromatic rings. The molecule has 1 heterocycles. The third-order valence-electron chi connectivity index (χ3n) is 5.34. The first-order valence-corrected chi connectivity index (χ1v) is 10.2. The van der Waals surface area contributed by atoms with Gasteiger partial charge in [0.05, 0.1) is 0 Å². The Morgan fingerprint density at radius 3 is 2.41 bits per heavy atom. The SMILES string of the molecule is Cc1cccc(CN2CCC(NC(=O)C(Cc3ccccc3)NC(N)=O)CC2)c1. The van der Waals surface area contributed by atoms with Gasteiger partial charge in [-0.15, -0.1) is 0 Å². The summed E-state index contributed by atoms with van der Waals surface area (Å²) >= 11 is 0. The zero-order chi connectivity index (χ0) is 20.6. The maximum Gasteiger partial charge on any atom is 0.312 e. The van der Waals surface area contributed by atoms with E-state index in [-0.39, 0.29) is 11.9 Å². The van der Waals surface area contributed by atoms with Crippen molar-refractivity contribution < 1.29 is 9.59 Å². The van der Waals surface area contributed by atoms with Gasteiger partial charge in [0.25, 0.3) is 0 Å². The number of carbonyl (C=O) groups excluding carboxylic acids is 2. The van der Waals surface area contributed by atoms with E-state index in [9.17, 15) is 9.59 Å². The Morgan fingerprint density at radius 2 is 1.76 bits per heavy atom. The topological polar surface area (TPSA) is 87.5 Å². The highest BCUT2D eigenvalue weighted by molar-refractivity contribution is 5.87. The van der Waals surface area contributed by atoms with Crippen LogP contribution in [0.2, 0.25) is 0 Å². The maximum atomic E-state index is 12.8. The van der Waals surface area contributed by atoms with Gasteiger partial charge in [-0.3, -0.25) is 9.69 Å². The number of urea groups is 1. The molecule has 1 aliphatic heterocycles. The highest BCUT2D eigenvalue weighted by Crippen LogP contribution is 2.15. The number of nitrogens with zero attached hydrogens (tertiary/aromatic N) is 1. The second-order valence-electron chi connectivity index (χ2n) is 7.80.